The Hall–Kier alpha value is -0.610. The molecule has 0 saturated heterocycles. The highest BCUT2D eigenvalue weighted by molar-refractivity contribution is 5.69. The molecule has 0 aromatic heterocycles. The molecule has 0 aliphatic heterocycles. The van der Waals surface area contributed by atoms with Gasteiger partial charge in [0.15, 0.2) is 0 Å². The summed E-state index contributed by atoms with van der Waals surface area (Å²) in [5, 5.41) is 9.13. The molecule has 0 heterocycles. The van der Waals surface area contributed by atoms with Crippen molar-refractivity contribution in [3.05, 3.63) is 0 Å². The second-order valence-corrected chi connectivity index (χ2v) is 2.45. The fraction of sp³-hybridized carbons (Fsp3) is 0.875. The average molecular weight is 176 g/mol. The van der Waals surface area contributed by atoms with Crippen molar-refractivity contribution in [1.82, 2.24) is 0 Å². The zero-order chi connectivity index (χ0) is 9.40. The number of methoxy groups -OCH3 is 1. The maximum atomic E-state index is 10.8. The third-order valence-corrected chi connectivity index (χ3v) is 1.35. The molecule has 0 rings (SSSR count). The van der Waals surface area contributed by atoms with Crippen molar-refractivity contribution in [2.24, 2.45) is 0 Å². The van der Waals surface area contributed by atoms with Crippen molar-refractivity contribution in [2.45, 2.75) is 25.9 Å². The van der Waals surface area contributed by atoms with Crippen LogP contribution in [0.15, 0.2) is 0 Å². The van der Waals surface area contributed by atoms with Gasteiger partial charge in [0.1, 0.15) is 0 Å². The fourth-order valence-electron chi connectivity index (χ4n) is 0.793. The number of carbonyl (C=O) groups is 1. The van der Waals surface area contributed by atoms with E-state index in [0.29, 0.717) is 13.0 Å². The van der Waals surface area contributed by atoms with Gasteiger partial charge in [-0.05, 0) is 13.3 Å². The third-order valence-electron chi connectivity index (χ3n) is 1.35. The topological polar surface area (TPSA) is 55.8 Å². The number of esters is 1. The highest BCUT2D eigenvalue weighted by Crippen LogP contribution is 1.99. The lowest BCUT2D eigenvalue weighted by atomic mass is 10.2. The molecular weight excluding hydrogens is 160 g/mol. The smallest absolute Gasteiger partial charge is 0.305 e. The van der Waals surface area contributed by atoms with Crippen molar-refractivity contribution in [3.8, 4) is 0 Å². The van der Waals surface area contributed by atoms with E-state index in [4.69, 9.17) is 9.84 Å². The van der Waals surface area contributed by atoms with Crippen molar-refractivity contribution in [3.63, 3.8) is 0 Å². The van der Waals surface area contributed by atoms with Gasteiger partial charge in [0.25, 0.3) is 0 Å². The van der Waals surface area contributed by atoms with Gasteiger partial charge in [-0.2, -0.15) is 0 Å². The lowest BCUT2D eigenvalue weighted by molar-refractivity contribution is -0.143. The van der Waals surface area contributed by atoms with E-state index in [2.05, 4.69) is 4.74 Å². The Morgan fingerprint density at radius 1 is 1.58 bits per heavy atom. The van der Waals surface area contributed by atoms with Gasteiger partial charge in [0.05, 0.1) is 19.3 Å². The first kappa shape index (κ1) is 11.4. The Kier molecular flexibility index (Phi) is 6.70. The quantitative estimate of drug-likeness (QED) is 0.593. The minimum Gasteiger partial charge on any atom is -0.466 e. The van der Waals surface area contributed by atoms with E-state index in [0.717, 1.165) is 0 Å². The molecular formula is C8H16O4. The van der Waals surface area contributed by atoms with Crippen LogP contribution >= 0.6 is 0 Å². The lowest BCUT2D eigenvalue weighted by Gasteiger charge is -2.07. The standard InChI is InChI=1S/C8H16O4/c1-3-12-8(10)5-4-7(9)6-11-2/h7,9H,3-6H2,1-2H3. The zero-order valence-corrected chi connectivity index (χ0v) is 7.58. The summed E-state index contributed by atoms with van der Waals surface area (Å²) in [7, 11) is 1.51. The molecule has 1 atom stereocenters. The SMILES string of the molecule is CCOC(=O)CCC(O)COC. The number of aliphatic hydroxyl groups excluding tert-OH is 1. The van der Waals surface area contributed by atoms with Gasteiger partial charge in [-0.3, -0.25) is 4.79 Å². The molecule has 0 aromatic carbocycles. The normalized spacial score (nSPS) is 12.6. The van der Waals surface area contributed by atoms with Crippen LogP contribution in [-0.2, 0) is 14.3 Å². The summed E-state index contributed by atoms with van der Waals surface area (Å²) < 4.78 is 9.37. The van der Waals surface area contributed by atoms with Crippen molar-refractivity contribution in [2.75, 3.05) is 20.3 Å². The van der Waals surface area contributed by atoms with Gasteiger partial charge in [0.2, 0.25) is 0 Å². The minimum atomic E-state index is -0.570. The van der Waals surface area contributed by atoms with Crippen molar-refractivity contribution >= 4 is 5.97 Å². The van der Waals surface area contributed by atoms with Gasteiger partial charge >= 0.3 is 5.97 Å². The molecule has 0 bridgehead atoms. The van der Waals surface area contributed by atoms with Crippen LogP contribution in [0.1, 0.15) is 19.8 Å². The molecule has 0 fully saturated rings. The van der Waals surface area contributed by atoms with Crippen molar-refractivity contribution in [1.29, 1.82) is 0 Å². The summed E-state index contributed by atoms with van der Waals surface area (Å²) in [6.07, 6.45) is 0.0739. The molecule has 0 aliphatic carbocycles. The second kappa shape index (κ2) is 7.06. The first-order valence-electron chi connectivity index (χ1n) is 4.03. The molecule has 1 N–H and O–H groups in total. The van der Waals surface area contributed by atoms with Gasteiger partial charge in [-0.1, -0.05) is 0 Å². The average Bonchev–Trinajstić information content (AvgIpc) is 2.02. The van der Waals surface area contributed by atoms with Crippen LogP contribution in [0.3, 0.4) is 0 Å². The Labute approximate surface area is 72.5 Å². The monoisotopic (exact) mass is 176 g/mol. The summed E-state index contributed by atoms with van der Waals surface area (Å²) in [4.78, 5) is 10.8. The van der Waals surface area contributed by atoms with Gasteiger partial charge < -0.3 is 14.6 Å². The maximum Gasteiger partial charge on any atom is 0.305 e. The molecule has 72 valence electrons. The number of hydrogen-bond acceptors (Lipinski definition) is 4. The molecule has 0 spiro atoms. The van der Waals surface area contributed by atoms with Crippen LogP contribution in [0.2, 0.25) is 0 Å². The van der Waals surface area contributed by atoms with Crippen LogP contribution in [0, 0.1) is 0 Å². The Morgan fingerprint density at radius 3 is 2.75 bits per heavy atom. The highest BCUT2D eigenvalue weighted by atomic mass is 16.5. The van der Waals surface area contributed by atoms with Crippen LogP contribution in [0.5, 0.6) is 0 Å². The van der Waals surface area contributed by atoms with E-state index in [1.165, 1.54) is 7.11 Å². The van der Waals surface area contributed by atoms with E-state index in [9.17, 15) is 4.79 Å². The number of ether oxygens (including phenoxy) is 2. The molecule has 1 unspecified atom stereocenters. The molecule has 0 aromatic rings. The highest BCUT2D eigenvalue weighted by Gasteiger charge is 2.07. The lowest BCUT2D eigenvalue weighted by Crippen LogP contribution is -2.16. The van der Waals surface area contributed by atoms with Gasteiger partial charge in [-0.15, -0.1) is 0 Å². The number of rotatable bonds is 6. The summed E-state index contributed by atoms with van der Waals surface area (Å²) in [5.74, 6) is -0.271. The Morgan fingerprint density at radius 2 is 2.25 bits per heavy atom. The van der Waals surface area contributed by atoms with Crippen LogP contribution < -0.4 is 0 Å². The number of carbonyl (C=O) groups excluding carboxylic acids is 1. The zero-order valence-electron chi connectivity index (χ0n) is 7.58. The van der Waals surface area contributed by atoms with E-state index >= 15 is 0 Å². The van der Waals surface area contributed by atoms with Gasteiger partial charge in [-0.25, -0.2) is 0 Å². The minimum absolute atomic E-state index is 0.248. The second-order valence-electron chi connectivity index (χ2n) is 2.45. The molecule has 0 amide bonds. The van der Waals surface area contributed by atoms with Crippen LogP contribution in [-0.4, -0.2) is 37.5 Å². The van der Waals surface area contributed by atoms with Crippen LogP contribution in [0.25, 0.3) is 0 Å². The predicted octanol–water partition coefficient (Wildman–Crippen LogP) is 0.337. The predicted molar refractivity (Wildman–Crippen MR) is 43.7 cm³/mol. The third kappa shape index (κ3) is 6.12. The summed E-state index contributed by atoms with van der Waals surface area (Å²) in [6.45, 7) is 2.40. The number of hydrogen-bond donors (Lipinski definition) is 1. The first-order valence-corrected chi connectivity index (χ1v) is 4.03. The van der Waals surface area contributed by atoms with Crippen molar-refractivity contribution < 1.29 is 19.4 Å². The van der Waals surface area contributed by atoms with E-state index in [1.807, 2.05) is 0 Å². The Bertz CT molecular complexity index is 124. The molecule has 0 aliphatic rings. The molecule has 4 nitrogen and oxygen atoms in total. The van der Waals surface area contributed by atoms with E-state index in [-0.39, 0.29) is 19.0 Å². The summed E-state index contributed by atoms with van der Waals surface area (Å²) >= 11 is 0. The van der Waals surface area contributed by atoms with E-state index in [1.54, 1.807) is 6.92 Å². The van der Waals surface area contributed by atoms with E-state index < -0.39 is 6.10 Å². The number of aliphatic hydroxyl groups is 1. The van der Waals surface area contributed by atoms with Crippen LogP contribution in [0.4, 0.5) is 0 Å². The summed E-state index contributed by atoms with van der Waals surface area (Å²) in [6, 6.07) is 0. The largest absolute Gasteiger partial charge is 0.466 e. The van der Waals surface area contributed by atoms with Gasteiger partial charge in [0, 0.05) is 13.5 Å². The summed E-state index contributed by atoms with van der Waals surface area (Å²) in [5.41, 5.74) is 0. The molecule has 4 heteroatoms. The molecule has 12 heavy (non-hydrogen) atoms. The first-order chi connectivity index (χ1) is 5.70. The fourth-order valence-corrected chi connectivity index (χ4v) is 0.793. The maximum absolute atomic E-state index is 10.8. The Balaban J connectivity index is 3.33. The molecule has 0 saturated carbocycles. The molecule has 0 radical (unpaired) electrons.